The summed E-state index contributed by atoms with van der Waals surface area (Å²) in [5, 5.41) is 0.545. The molecule has 0 aliphatic carbocycles. The van der Waals surface area contributed by atoms with E-state index in [4.69, 9.17) is 9.72 Å². The second-order valence-corrected chi connectivity index (χ2v) is 11.2. The Balaban J connectivity index is 1.37. The predicted molar refractivity (Wildman–Crippen MR) is 159 cm³/mol. The van der Waals surface area contributed by atoms with Gasteiger partial charge in [-0.15, -0.1) is 0 Å². The van der Waals surface area contributed by atoms with Crippen molar-refractivity contribution in [3.63, 3.8) is 0 Å². The third-order valence-corrected chi connectivity index (χ3v) is 8.49. The van der Waals surface area contributed by atoms with Crippen LogP contribution in [-0.4, -0.2) is 40.0 Å². The fraction of sp³-hybridized carbons (Fsp3) is 0.250. The zero-order valence-electron chi connectivity index (χ0n) is 22.9. The van der Waals surface area contributed by atoms with Gasteiger partial charge in [0.15, 0.2) is 21.3 Å². The summed E-state index contributed by atoms with van der Waals surface area (Å²) in [4.78, 5) is 38.9. The number of rotatable bonds is 9. The standard InChI is InChI=1S/C32H28F2N4O3S/c1-41-25-12-9-21(10-13-25)19-38-29(22-16-23(33)18-24(34)17-22)36-30-28(31(38)40)35-32(42-30)37-15-5-8-26(37)27(39)14-11-20-6-3-2-4-7-20/h2-4,6-7,9-10,12-13,16-18,26H,5,8,11,14-15,19H2,1H3/t26-/m1/s1. The molecule has 1 saturated heterocycles. The van der Waals surface area contributed by atoms with Gasteiger partial charge in [-0.2, -0.15) is 0 Å². The molecule has 1 atom stereocenters. The predicted octanol–water partition coefficient (Wildman–Crippen LogP) is 6.03. The van der Waals surface area contributed by atoms with Crippen LogP contribution in [0.5, 0.6) is 5.75 Å². The van der Waals surface area contributed by atoms with Crippen molar-refractivity contribution < 1.29 is 18.3 Å². The Morgan fingerprint density at radius 1 is 1.00 bits per heavy atom. The van der Waals surface area contributed by atoms with Crippen LogP contribution in [0.25, 0.3) is 21.7 Å². The molecular weight excluding hydrogens is 558 g/mol. The van der Waals surface area contributed by atoms with Crippen LogP contribution in [0.2, 0.25) is 0 Å². The average molecular weight is 587 g/mol. The largest absolute Gasteiger partial charge is 0.497 e. The van der Waals surface area contributed by atoms with Crippen molar-refractivity contribution in [2.45, 2.75) is 38.3 Å². The number of aromatic nitrogens is 3. The number of halogens is 2. The van der Waals surface area contributed by atoms with E-state index >= 15 is 0 Å². The van der Waals surface area contributed by atoms with Gasteiger partial charge < -0.3 is 9.64 Å². The van der Waals surface area contributed by atoms with E-state index in [0.717, 1.165) is 35.7 Å². The van der Waals surface area contributed by atoms with Gasteiger partial charge in [-0.3, -0.25) is 14.2 Å². The SMILES string of the molecule is COc1ccc(Cn2c(-c3cc(F)cc(F)c3)nc3sc(N4CCC[C@@H]4C(=O)CCc4ccccc4)nc3c2=O)cc1. The van der Waals surface area contributed by atoms with Crippen molar-refractivity contribution in [3.8, 4) is 17.1 Å². The van der Waals surface area contributed by atoms with Gasteiger partial charge in [-0.05, 0) is 54.7 Å². The molecule has 1 aliphatic rings. The third kappa shape index (κ3) is 5.67. The molecule has 6 rings (SSSR count). The normalized spacial score (nSPS) is 14.9. The molecule has 7 nitrogen and oxygen atoms in total. The van der Waals surface area contributed by atoms with Crippen LogP contribution in [0.1, 0.15) is 30.4 Å². The maximum atomic E-state index is 14.3. The summed E-state index contributed by atoms with van der Waals surface area (Å²) >= 11 is 1.22. The summed E-state index contributed by atoms with van der Waals surface area (Å²) in [6.45, 7) is 0.750. The number of fused-ring (bicyclic) bond motifs is 1. The second-order valence-electron chi connectivity index (χ2n) is 10.3. The van der Waals surface area contributed by atoms with Crippen LogP contribution in [0.15, 0.2) is 77.6 Å². The Hall–Kier alpha value is -4.44. The van der Waals surface area contributed by atoms with Crippen molar-refractivity contribution in [3.05, 3.63) is 106 Å². The van der Waals surface area contributed by atoms with Crippen molar-refractivity contribution in [1.29, 1.82) is 0 Å². The van der Waals surface area contributed by atoms with Gasteiger partial charge in [0.05, 0.1) is 19.7 Å². The smallest absolute Gasteiger partial charge is 0.281 e. The number of ketones is 1. The first kappa shape index (κ1) is 27.7. The van der Waals surface area contributed by atoms with Crippen LogP contribution in [0, 0.1) is 11.6 Å². The molecule has 0 saturated carbocycles. The van der Waals surface area contributed by atoms with Crippen LogP contribution in [-0.2, 0) is 17.8 Å². The van der Waals surface area contributed by atoms with E-state index < -0.39 is 17.2 Å². The molecule has 3 heterocycles. The van der Waals surface area contributed by atoms with Gasteiger partial charge in [-0.25, -0.2) is 18.7 Å². The lowest BCUT2D eigenvalue weighted by molar-refractivity contribution is -0.120. The van der Waals surface area contributed by atoms with Gasteiger partial charge >= 0.3 is 0 Å². The van der Waals surface area contributed by atoms with Crippen molar-refractivity contribution in [2.24, 2.45) is 0 Å². The summed E-state index contributed by atoms with van der Waals surface area (Å²) in [5.74, 6) is -0.608. The number of carbonyl (C=O) groups excluding carboxylic acids is 1. The highest BCUT2D eigenvalue weighted by Crippen LogP contribution is 2.34. The van der Waals surface area contributed by atoms with Crippen LogP contribution < -0.4 is 15.2 Å². The fourth-order valence-corrected chi connectivity index (χ4v) is 6.40. The molecule has 5 aromatic rings. The van der Waals surface area contributed by atoms with E-state index in [1.54, 1.807) is 19.2 Å². The van der Waals surface area contributed by atoms with E-state index in [2.05, 4.69) is 4.98 Å². The summed E-state index contributed by atoms with van der Waals surface area (Å²) < 4.78 is 35.1. The third-order valence-electron chi connectivity index (χ3n) is 7.50. The Bertz CT molecular complexity index is 1780. The van der Waals surface area contributed by atoms with Gasteiger partial charge in [0, 0.05) is 24.6 Å². The van der Waals surface area contributed by atoms with E-state index in [-0.39, 0.29) is 35.3 Å². The van der Waals surface area contributed by atoms with Gasteiger partial charge in [0.25, 0.3) is 5.56 Å². The molecule has 2 aromatic heterocycles. The molecule has 0 radical (unpaired) electrons. The number of Topliss-reactive ketones (excluding diaryl/α,β-unsaturated/α-hetero) is 1. The van der Waals surface area contributed by atoms with Crippen molar-refractivity contribution in [1.82, 2.24) is 14.5 Å². The first-order chi connectivity index (χ1) is 20.4. The molecule has 214 valence electrons. The number of hydrogen-bond donors (Lipinski definition) is 0. The highest BCUT2D eigenvalue weighted by molar-refractivity contribution is 7.21. The van der Waals surface area contributed by atoms with E-state index in [0.29, 0.717) is 41.5 Å². The highest BCUT2D eigenvalue weighted by atomic mass is 32.1. The quantitative estimate of drug-likeness (QED) is 0.210. The molecule has 3 aromatic carbocycles. The van der Waals surface area contributed by atoms with Crippen molar-refractivity contribution in [2.75, 3.05) is 18.6 Å². The molecule has 10 heteroatoms. The molecule has 1 aliphatic heterocycles. The number of aryl methyl sites for hydroxylation is 1. The lowest BCUT2D eigenvalue weighted by Gasteiger charge is -2.22. The number of methoxy groups -OCH3 is 1. The molecule has 0 amide bonds. The topological polar surface area (TPSA) is 77.3 Å². The fourth-order valence-electron chi connectivity index (χ4n) is 5.39. The number of benzene rings is 3. The van der Waals surface area contributed by atoms with Gasteiger partial charge in [0.1, 0.15) is 23.2 Å². The summed E-state index contributed by atoms with van der Waals surface area (Å²) in [6.07, 6.45) is 2.63. The van der Waals surface area contributed by atoms with E-state index in [1.165, 1.54) is 15.9 Å². The second kappa shape index (κ2) is 11.8. The first-order valence-corrected chi connectivity index (χ1v) is 14.6. The highest BCUT2D eigenvalue weighted by Gasteiger charge is 2.33. The Morgan fingerprint density at radius 2 is 1.74 bits per heavy atom. The van der Waals surface area contributed by atoms with Crippen LogP contribution in [0.3, 0.4) is 0 Å². The molecular formula is C32H28F2N4O3S. The van der Waals surface area contributed by atoms with Crippen molar-refractivity contribution >= 4 is 32.6 Å². The molecule has 1 fully saturated rings. The summed E-state index contributed by atoms with van der Waals surface area (Å²) in [7, 11) is 1.57. The Labute approximate surface area is 245 Å². The Morgan fingerprint density at radius 3 is 2.45 bits per heavy atom. The molecule has 0 N–H and O–H groups in total. The number of hydrogen-bond acceptors (Lipinski definition) is 7. The number of anilines is 1. The minimum atomic E-state index is -0.769. The zero-order chi connectivity index (χ0) is 29.2. The maximum Gasteiger partial charge on any atom is 0.281 e. The summed E-state index contributed by atoms with van der Waals surface area (Å²) in [6, 6.07) is 19.8. The van der Waals surface area contributed by atoms with Gasteiger partial charge in [-0.1, -0.05) is 53.8 Å². The van der Waals surface area contributed by atoms with Gasteiger partial charge in [0.2, 0.25) is 0 Å². The number of ether oxygens (including phenoxy) is 1. The monoisotopic (exact) mass is 586 g/mol. The van der Waals surface area contributed by atoms with Crippen LogP contribution in [0.4, 0.5) is 13.9 Å². The zero-order valence-corrected chi connectivity index (χ0v) is 23.7. The van der Waals surface area contributed by atoms with Crippen LogP contribution >= 0.6 is 11.3 Å². The lowest BCUT2D eigenvalue weighted by atomic mass is 10.0. The molecule has 0 unspecified atom stereocenters. The average Bonchev–Trinajstić information content (AvgIpc) is 3.65. The minimum absolute atomic E-state index is 0.108. The minimum Gasteiger partial charge on any atom is -0.497 e. The number of thiazole rings is 1. The van der Waals surface area contributed by atoms with E-state index in [9.17, 15) is 18.4 Å². The number of carbonyl (C=O) groups is 1. The molecule has 42 heavy (non-hydrogen) atoms. The first-order valence-electron chi connectivity index (χ1n) is 13.7. The molecule has 0 spiro atoms. The maximum absolute atomic E-state index is 14.3. The lowest BCUT2D eigenvalue weighted by Crippen LogP contribution is -2.36. The number of nitrogens with zero attached hydrogens (tertiary/aromatic N) is 4. The Kier molecular flexibility index (Phi) is 7.80. The van der Waals surface area contributed by atoms with E-state index in [1.807, 2.05) is 47.4 Å². The molecule has 0 bridgehead atoms. The summed E-state index contributed by atoms with van der Waals surface area (Å²) in [5.41, 5.74) is 1.76.